The van der Waals surface area contributed by atoms with Gasteiger partial charge in [-0.2, -0.15) is 0 Å². The van der Waals surface area contributed by atoms with Crippen LogP contribution in [0, 0.1) is 18.8 Å². The lowest BCUT2D eigenvalue weighted by Crippen LogP contribution is -2.23. The number of nitrogens with zero attached hydrogens (tertiary/aromatic N) is 2. The van der Waals surface area contributed by atoms with E-state index in [9.17, 15) is 0 Å². The molecule has 1 N–H and O–H groups in total. The molecule has 110 valence electrons. The number of aryl methyl sites for hydroxylation is 1. The highest BCUT2D eigenvalue weighted by molar-refractivity contribution is 7.15. The van der Waals surface area contributed by atoms with Gasteiger partial charge in [-0.25, -0.2) is 4.98 Å². The lowest BCUT2D eigenvalue weighted by atomic mass is 10.0. The summed E-state index contributed by atoms with van der Waals surface area (Å²) in [6.07, 6.45) is 4.41. The molecule has 0 aromatic carbocycles. The zero-order chi connectivity index (χ0) is 14.7. The smallest absolute Gasteiger partial charge is 0.194 e. The van der Waals surface area contributed by atoms with Crippen LogP contribution in [0.25, 0.3) is 11.0 Å². The zero-order valence-corrected chi connectivity index (χ0v) is 13.9. The van der Waals surface area contributed by atoms with Crippen LogP contribution in [-0.2, 0) is 0 Å². The van der Waals surface area contributed by atoms with E-state index in [0.717, 1.165) is 23.7 Å². The molecule has 2 aromatic heterocycles. The van der Waals surface area contributed by atoms with Crippen molar-refractivity contribution in [3.05, 3.63) is 28.5 Å². The molecule has 20 heavy (non-hydrogen) atoms. The fourth-order valence-electron chi connectivity index (χ4n) is 2.19. The number of nitrogens with one attached hydrogen (secondary N) is 1. The monoisotopic (exact) mass is 291 g/mol. The average Bonchev–Trinajstić information content (AvgIpc) is 2.90. The normalized spacial score (nSPS) is 13.1. The van der Waals surface area contributed by atoms with Gasteiger partial charge in [-0.15, -0.1) is 11.3 Å². The Morgan fingerprint density at radius 2 is 2.15 bits per heavy atom. The zero-order valence-electron chi connectivity index (χ0n) is 13.1. The topological polar surface area (TPSA) is 29.3 Å². The van der Waals surface area contributed by atoms with Crippen LogP contribution in [0.1, 0.15) is 39.1 Å². The number of hydrogen-bond acceptors (Lipinski definition) is 3. The summed E-state index contributed by atoms with van der Waals surface area (Å²) in [6.45, 7) is 13.1. The first-order valence-electron chi connectivity index (χ1n) is 7.32. The van der Waals surface area contributed by atoms with Crippen molar-refractivity contribution in [2.75, 3.05) is 13.1 Å². The quantitative estimate of drug-likeness (QED) is 0.872. The maximum atomic E-state index is 4.61. The van der Waals surface area contributed by atoms with Gasteiger partial charge in [-0.3, -0.25) is 4.40 Å². The summed E-state index contributed by atoms with van der Waals surface area (Å²) in [4.78, 5) is 5.69. The molecule has 0 spiro atoms. The lowest BCUT2D eigenvalue weighted by Gasteiger charge is -2.14. The SMILES string of the molecule is Cc1nc2sccn2c1C=C(CNCC(C)C)C(C)C. The number of aromatic nitrogens is 2. The van der Waals surface area contributed by atoms with Gasteiger partial charge < -0.3 is 5.32 Å². The molecule has 0 bridgehead atoms. The van der Waals surface area contributed by atoms with Crippen molar-refractivity contribution in [1.82, 2.24) is 14.7 Å². The third-order valence-corrected chi connectivity index (χ3v) is 4.19. The lowest BCUT2D eigenvalue weighted by molar-refractivity contribution is 0.558. The van der Waals surface area contributed by atoms with E-state index < -0.39 is 0 Å². The van der Waals surface area contributed by atoms with Gasteiger partial charge in [0, 0.05) is 18.1 Å². The van der Waals surface area contributed by atoms with E-state index in [1.807, 2.05) is 0 Å². The molecule has 2 rings (SSSR count). The predicted molar refractivity (Wildman–Crippen MR) is 88.3 cm³/mol. The average molecular weight is 291 g/mol. The van der Waals surface area contributed by atoms with Gasteiger partial charge >= 0.3 is 0 Å². The van der Waals surface area contributed by atoms with Crippen molar-refractivity contribution >= 4 is 22.4 Å². The minimum absolute atomic E-state index is 0.540. The first kappa shape index (κ1) is 15.3. The maximum absolute atomic E-state index is 4.61. The van der Waals surface area contributed by atoms with Crippen molar-refractivity contribution in [3.8, 4) is 0 Å². The van der Waals surface area contributed by atoms with Crippen molar-refractivity contribution in [3.63, 3.8) is 0 Å². The molecule has 4 heteroatoms. The Labute approximate surface area is 125 Å². The van der Waals surface area contributed by atoms with Crippen LogP contribution in [0.2, 0.25) is 0 Å². The third kappa shape index (κ3) is 3.49. The highest BCUT2D eigenvalue weighted by Gasteiger charge is 2.10. The second-order valence-electron chi connectivity index (χ2n) is 6.04. The van der Waals surface area contributed by atoms with Gasteiger partial charge in [-0.05, 0) is 31.4 Å². The van der Waals surface area contributed by atoms with Gasteiger partial charge in [0.25, 0.3) is 0 Å². The van der Waals surface area contributed by atoms with Gasteiger partial charge in [0.1, 0.15) is 0 Å². The summed E-state index contributed by atoms with van der Waals surface area (Å²) in [5.41, 5.74) is 3.76. The van der Waals surface area contributed by atoms with Gasteiger partial charge in [0.05, 0.1) is 11.4 Å². The Morgan fingerprint density at radius 3 is 2.80 bits per heavy atom. The second kappa shape index (κ2) is 6.55. The Balaban J connectivity index is 2.23. The number of fused-ring (bicyclic) bond motifs is 1. The first-order valence-corrected chi connectivity index (χ1v) is 8.20. The number of imidazole rings is 1. The van der Waals surface area contributed by atoms with Crippen LogP contribution < -0.4 is 5.32 Å². The van der Waals surface area contributed by atoms with Crippen molar-refractivity contribution in [1.29, 1.82) is 0 Å². The highest BCUT2D eigenvalue weighted by Crippen LogP contribution is 2.21. The fraction of sp³-hybridized carbons (Fsp3) is 0.562. The molecular formula is C16H25N3S. The molecule has 2 heterocycles. The minimum Gasteiger partial charge on any atom is -0.313 e. The van der Waals surface area contributed by atoms with Crippen LogP contribution in [-0.4, -0.2) is 22.5 Å². The molecule has 0 saturated heterocycles. The van der Waals surface area contributed by atoms with E-state index >= 15 is 0 Å². The number of rotatable bonds is 6. The summed E-state index contributed by atoms with van der Waals surface area (Å²) in [7, 11) is 0. The van der Waals surface area contributed by atoms with Crippen LogP contribution in [0.5, 0.6) is 0 Å². The molecule has 2 aromatic rings. The van der Waals surface area contributed by atoms with E-state index in [1.54, 1.807) is 11.3 Å². The van der Waals surface area contributed by atoms with Crippen molar-refractivity contribution in [2.24, 2.45) is 11.8 Å². The molecule has 0 aliphatic heterocycles. The highest BCUT2D eigenvalue weighted by atomic mass is 32.1. The van der Waals surface area contributed by atoms with E-state index in [-0.39, 0.29) is 0 Å². The second-order valence-corrected chi connectivity index (χ2v) is 6.91. The van der Waals surface area contributed by atoms with Crippen LogP contribution in [0.4, 0.5) is 0 Å². The third-order valence-electron chi connectivity index (χ3n) is 3.43. The summed E-state index contributed by atoms with van der Waals surface area (Å²) in [6, 6.07) is 0. The van der Waals surface area contributed by atoms with Gasteiger partial charge in [-0.1, -0.05) is 33.3 Å². The van der Waals surface area contributed by atoms with E-state index in [1.165, 1.54) is 11.3 Å². The predicted octanol–water partition coefficient (Wildman–Crippen LogP) is 3.99. The van der Waals surface area contributed by atoms with Crippen molar-refractivity contribution < 1.29 is 0 Å². The van der Waals surface area contributed by atoms with E-state index in [2.05, 4.69) is 67.0 Å². The Kier molecular flexibility index (Phi) is 5.00. The molecule has 0 fully saturated rings. The largest absolute Gasteiger partial charge is 0.313 e. The van der Waals surface area contributed by atoms with Crippen LogP contribution in [0.15, 0.2) is 17.2 Å². The standard InChI is InChI=1S/C16H25N3S/c1-11(2)9-17-10-14(12(3)4)8-15-13(5)18-16-19(15)6-7-20-16/h6-8,11-12,17H,9-10H2,1-5H3. The first-order chi connectivity index (χ1) is 9.49. The summed E-state index contributed by atoms with van der Waals surface area (Å²) < 4.78 is 2.19. The molecule has 0 unspecified atom stereocenters. The molecule has 0 saturated carbocycles. The Hall–Kier alpha value is -1.13. The molecule has 0 amide bonds. The number of hydrogen-bond donors (Lipinski definition) is 1. The van der Waals surface area contributed by atoms with Gasteiger partial charge in [0.2, 0.25) is 0 Å². The molecule has 3 nitrogen and oxygen atoms in total. The minimum atomic E-state index is 0.540. The Bertz CT molecular complexity index is 590. The molecule has 0 aliphatic rings. The van der Waals surface area contributed by atoms with E-state index in [4.69, 9.17) is 0 Å². The Morgan fingerprint density at radius 1 is 1.40 bits per heavy atom. The molecule has 0 radical (unpaired) electrons. The van der Waals surface area contributed by atoms with Crippen LogP contribution >= 0.6 is 11.3 Å². The summed E-state index contributed by atoms with van der Waals surface area (Å²) >= 11 is 1.69. The maximum Gasteiger partial charge on any atom is 0.194 e. The van der Waals surface area contributed by atoms with E-state index in [0.29, 0.717) is 11.8 Å². The summed E-state index contributed by atoms with van der Waals surface area (Å²) in [5, 5.41) is 5.63. The molecular weight excluding hydrogens is 266 g/mol. The fourth-order valence-corrected chi connectivity index (χ4v) is 2.95. The van der Waals surface area contributed by atoms with Gasteiger partial charge in [0.15, 0.2) is 4.96 Å². The summed E-state index contributed by atoms with van der Waals surface area (Å²) in [5.74, 6) is 1.22. The van der Waals surface area contributed by atoms with Crippen LogP contribution in [0.3, 0.4) is 0 Å². The molecule has 0 aliphatic carbocycles. The number of thiazole rings is 1. The molecule has 0 atom stereocenters. The van der Waals surface area contributed by atoms with Crippen molar-refractivity contribution in [2.45, 2.75) is 34.6 Å².